The van der Waals surface area contributed by atoms with Crippen molar-refractivity contribution >= 4 is 11.9 Å². The Labute approximate surface area is 103 Å². The highest BCUT2D eigenvalue weighted by Gasteiger charge is 2.41. The lowest BCUT2D eigenvalue weighted by molar-refractivity contribution is -0.150. The van der Waals surface area contributed by atoms with E-state index in [0.29, 0.717) is 12.8 Å². The number of amides is 1. The van der Waals surface area contributed by atoms with Gasteiger partial charge in [-0.05, 0) is 25.7 Å². The van der Waals surface area contributed by atoms with Crippen molar-refractivity contribution in [1.82, 2.24) is 5.32 Å². The average Bonchev–Trinajstić information content (AvgIpc) is 2.31. The van der Waals surface area contributed by atoms with E-state index in [-0.39, 0.29) is 11.8 Å². The van der Waals surface area contributed by atoms with E-state index in [1.54, 1.807) is 0 Å². The van der Waals surface area contributed by atoms with Gasteiger partial charge in [0.25, 0.3) is 0 Å². The maximum absolute atomic E-state index is 12.0. The molecule has 1 fully saturated rings. The zero-order valence-corrected chi connectivity index (χ0v) is 10.8. The topological polar surface area (TPSA) is 66.4 Å². The molecular weight excluding hydrogens is 218 g/mol. The summed E-state index contributed by atoms with van der Waals surface area (Å²) >= 11 is 0. The van der Waals surface area contributed by atoms with Gasteiger partial charge in [0.1, 0.15) is 5.54 Å². The molecule has 1 saturated carbocycles. The molecule has 0 atom stereocenters. The molecule has 4 nitrogen and oxygen atoms in total. The summed E-state index contributed by atoms with van der Waals surface area (Å²) in [6.07, 6.45) is 5.49. The summed E-state index contributed by atoms with van der Waals surface area (Å²) in [6.45, 7) is 3.92. The van der Waals surface area contributed by atoms with E-state index < -0.39 is 11.5 Å². The summed E-state index contributed by atoms with van der Waals surface area (Å²) in [4.78, 5) is 23.4. The van der Waals surface area contributed by atoms with Gasteiger partial charge in [0, 0.05) is 5.92 Å². The van der Waals surface area contributed by atoms with E-state index in [2.05, 4.69) is 5.32 Å². The van der Waals surface area contributed by atoms with E-state index in [9.17, 15) is 14.7 Å². The van der Waals surface area contributed by atoms with Gasteiger partial charge in [-0.15, -0.1) is 0 Å². The first-order chi connectivity index (χ1) is 8.05. The van der Waals surface area contributed by atoms with Crippen LogP contribution in [0.25, 0.3) is 0 Å². The van der Waals surface area contributed by atoms with Crippen LogP contribution >= 0.6 is 0 Å². The first kappa shape index (κ1) is 14.0. The van der Waals surface area contributed by atoms with E-state index in [0.717, 1.165) is 32.1 Å². The molecule has 0 saturated heterocycles. The number of carboxylic acid groups (broad SMARTS) is 1. The van der Waals surface area contributed by atoms with Gasteiger partial charge in [-0.25, -0.2) is 4.79 Å². The average molecular weight is 241 g/mol. The van der Waals surface area contributed by atoms with E-state index in [1.165, 1.54) is 0 Å². The largest absolute Gasteiger partial charge is 0.480 e. The van der Waals surface area contributed by atoms with E-state index in [4.69, 9.17) is 0 Å². The molecule has 0 aromatic rings. The Bertz CT molecular complexity index is 278. The van der Waals surface area contributed by atoms with E-state index in [1.807, 2.05) is 13.8 Å². The minimum Gasteiger partial charge on any atom is -0.480 e. The molecule has 2 N–H and O–H groups in total. The smallest absolute Gasteiger partial charge is 0.329 e. The van der Waals surface area contributed by atoms with Crippen LogP contribution in [0.1, 0.15) is 58.8 Å². The second-order valence-electron chi connectivity index (χ2n) is 4.95. The minimum absolute atomic E-state index is 0.0619. The van der Waals surface area contributed by atoms with Crippen molar-refractivity contribution in [3.05, 3.63) is 0 Å². The first-order valence-corrected chi connectivity index (χ1v) is 6.61. The number of rotatable bonds is 5. The first-order valence-electron chi connectivity index (χ1n) is 6.61. The third-order valence-corrected chi connectivity index (χ3v) is 3.84. The number of nitrogens with one attached hydrogen (secondary N) is 1. The van der Waals surface area contributed by atoms with Crippen LogP contribution in [0.5, 0.6) is 0 Å². The summed E-state index contributed by atoms with van der Waals surface area (Å²) in [5, 5.41) is 12.1. The standard InChI is InChI=1S/C13H23NO3/c1-3-10(4-2)11(15)14-13(12(16)17)8-6-5-7-9-13/h10H,3-9H2,1-2H3,(H,14,15)(H,16,17). The second-order valence-corrected chi connectivity index (χ2v) is 4.95. The van der Waals surface area contributed by atoms with Crippen LogP contribution < -0.4 is 5.32 Å². The van der Waals surface area contributed by atoms with Crippen molar-refractivity contribution in [2.24, 2.45) is 5.92 Å². The predicted molar refractivity (Wildman–Crippen MR) is 65.7 cm³/mol. The molecule has 0 heterocycles. The fourth-order valence-electron chi connectivity index (χ4n) is 2.55. The number of aliphatic carboxylic acids is 1. The number of carboxylic acids is 1. The number of hydrogen-bond donors (Lipinski definition) is 2. The van der Waals surface area contributed by atoms with Crippen LogP contribution in [0.3, 0.4) is 0 Å². The van der Waals surface area contributed by atoms with Gasteiger partial charge in [0.15, 0.2) is 0 Å². The van der Waals surface area contributed by atoms with Crippen LogP contribution in [0.2, 0.25) is 0 Å². The molecule has 0 bridgehead atoms. The van der Waals surface area contributed by atoms with Gasteiger partial charge >= 0.3 is 5.97 Å². The Morgan fingerprint density at radius 3 is 2.12 bits per heavy atom. The van der Waals surface area contributed by atoms with Gasteiger partial charge in [0.05, 0.1) is 0 Å². The van der Waals surface area contributed by atoms with Crippen molar-refractivity contribution in [3.8, 4) is 0 Å². The zero-order valence-electron chi connectivity index (χ0n) is 10.8. The molecule has 1 aliphatic carbocycles. The Balaban J connectivity index is 2.73. The van der Waals surface area contributed by atoms with Gasteiger partial charge < -0.3 is 10.4 Å². The summed E-state index contributed by atoms with van der Waals surface area (Å²) in [5.74, 6) is -1.04. The van der Waals surface area contributed by atoms with Crippen LogP contribution in [0.15, 0.2) is 0 Å². The maximum atomic E-state index is 12.0. The van der Waals surface area contributed by atoms with Crippen molar-refractivity contribution in [2.45, 2.75) is 64.3 Å². The zero-order chi connectivity index (χ0) is 12.9. The minimum atomic E-state index is -1.00. The summed E-state index contributed by atoms with van der Waals surface area (Å²) in [5.41, 5.74) is -1.00. The summed E-state index contributed by atoms with van der Waals surface area (Å²) in [6, 6.07) is 0. The van der Waals surface area contributed by atoms with Gasteiger partial charge in [0.2, 0.25) is 5.91 Å². The van der Waals surface area contributed by atoms with Gasteiger partial charge in [-0.3, -0.25) is 4.79 Å². The lowest BCUT2D eigenvalue weighted by atomic mass is 9.81. The number of hydrogen-bond acceptors (Lipinski definition) is 2. The molecule has 0 aromatic carbocycles. The highest BCUT2D eigenvalue weighted by Crippen LogP contribution is 2.29. The Kier molecular flexibility index (Phi) is 4.97. The van der Waals surface area contributed by atoms with Crippen molar-refractivity contribution in [3.63, 3.8) is 0 Å². The fraction of sp³-hybridized carbons (Fsp3) is 0.846. The van der Waals surface area contributed by atoms with Crippen molar-refractivity contribution in [2.75, 3.05) is 0 Å². The number of carbonyl (C=O) groups is 2. The molecule has 4 heteroatoms. The van der Waals surface area contributed by atoms with Gasteiger partial charge in [-0.2, -0.15) is 0 Å². The Morgan fingerprint density at radius 1 is 1.18 bits per heavy atom. The molecular formula is C13H23NO3. The highest BCUT2D eigenvalue weighted by molar-refractivity contribution is 5.88. The predicted octanol–water partition coefficient (Wildman–Crippen LogP) is 2.33. The van der Waals surface area contributed by atoms with Crippen molar-refractivity contribution in [1.29, 1.82) is 0 Å². The third kappa shape index (κ3) is 3.20. The molecule has 1 aliphatic rings. The molecule has 0 aliphatic heterocycles. The summed E-state index contributed by atoms with van der Waals surface area (Å²) in [7, 11) is 0. The second kappa shape index (κ2) is 6.03. The third-order valence-electron chi connectivity index (χ3n) is 3.84. The van der Waals surface area contributed by atoms with Crippen LogP contribution in [0.4, 0.5) is 0 Å². The van der Waals surface area contributed by atoms with Crippen LogP contribution in [0, 0.1) is 5.92 Å². The molecule has 0 aromatic heterocycles. The van der Waals surface area contributed by atoms with E-state index >= 15 is 0 Å². The molecule has 98 valence electrons. The molecule has 17 heavy (non-hydrogen) atoms. The maximum Gasteiger partial charge on any atom is 0.329 e. The molecule has 1 amide bonds. The van der Waals surface area contributed by atoms with Crippen LogP contribution in [-0.4, -0.2) is 22.5 Å². The lowest BCUT2D eigenvalue weighted by Gasteiger charge is -2.35. The Morgan fingerprint density at radius 2 is 1.71 bits per heavy atom. The molecule has 0 radical (unpaired) electrons. The fourth-order valence-corrected chi connectivity index (χ4v) is 2.55. The SMILES string of the molecule is CCC(CC)C(=O)NC1(C(=O)O)CCCCC1. The van der Waals surface area contributed by atoms with Crippen molar-refractivity contribution < 1.29 is 14.7 Å². The highest BCUT2D eigenvalue weighted by atomic mass is 16.4. The molecule has 0 unspecified atom stereocenters. The molecule has 0 spiro atoms. The lowest BCUT2D eigenvalue weighted by Crippen LogP contribution is -2.56. The summed E-state index contributed by atoms with van der Waals surface area (Å²) < 4.78 is 0. The van der Waals surface area contributed by atoms with Crippen LogP contribution in [-0.2, 0) is 9.59 Å². The van der Waals surface area contributed by atoms with Gasteiger partial charge in [-0.1, -0.05) is 33.1 Å². The molecule has 1 rings (SSSR count). The monoisotopic (exact) mass is 241 g/mol. The number of carbonyl (C=O) groups excluding carboxylic acids is 1. The quantitative estimate of drug-likeness (QED) is 0.776. The normalized spacial score (nSPS) is 19.0. The Hall–Kier alpha value is -1.06.